The average Bonchev–Trinajstić information content (AvgIpc) is 3.14. The van der Waals surface area contributed by atoms with E-state index in [2.05, 4.69) is 10.3 Å². The van der Waals surface area contributed by atoms with Gasteiger partial charge in [0.25, 0.3) is 5.91 Å². The molecule has 6 heteroatoms. The van der Waals surface area contributed by atoms with Crippen LogP contribution in [0.3, 0.4) is 0 Å². The van der Waals surface area contributed by atoms with Gasteiger partial charge in [0.15, 0.2) is 0 Å². The lowest BCUT2D eigenvalue weighted by Crippen LogP contribution is -2.39. The van der Waals surface area contributed by atoms with Crippen molar-refractivity contribution in [2.24, 2.45) is 0 Å². The predicted octanol–water partition coefficient (Wildman–Crippen LogP) is 4.29. The normalized spacial score (nSPS) is 19.4. The third-order valence-corrected chi connectivity index (χ3v) is 5.93. The summed E-state index contributed by atoms with van der Waals surface area (Å²) in [5.41, 5.74) is 0.523. The maximum Gasteiger partial charge on any atom is 0.261 e. The lowest BCUT2D eigenvalue weighted by molar-refractivity contribution is 0.0894. The van der Waals surface area contributed by atoms with Crippen LogP contribution in [-0.4, -0.2) is 23.0 Å². The number of nitrogens with zero attached hydrogens (tertiary/aromatic N) is 2. The molecule has 1 aromatic carbocycles. The summed E-state index contributed by atoms with van der Waals surface area (Å²) in [5.74, 6) is 0.557. The first kappa shape index (κ1) is 17.5. The zero-order valence-corrected chi connectivity index (χ0v) is 15.5. The van der Waals surface area contributed by atoms with Gasteiger partial charge in [-0.25, -0.2) is 4.98 Å². The van der Waals surface area contributed by atoms with Gasteiger partial charge in [0.2, 0.25) is 5.88 Å². The van der Waals surface area contributed by atoms with Crippen molar-refractivity contribution < 1.29 is 9.53 Å². The summed E-state index contributed by atoms with van der Waals surface area (Å²) in [7, 11) is 0. The molecule has 2 aromatic heterocycles. The summed E-state index contributed by atoms with van der Waals surface area (Å²) in [6.07, 6.45) is 5.14. The lowest BCUT2D eigenvalue weighted by Gasteiger charge is -2.29. The van der Waals surface area contributed by atoms with Gasteiger partial charge in [-0.05, 0) is 49.3 Å². The first-order chi connectivity index (χ1) is 13.2. The number of nitriles is 1. The van der Waals surface area contributed by atoms with E-state index in [1.54, 1.807) is 12.1 Å². The van der Waals surface area contributed by atoms with E-state index < -0.39 is 0 Å². The summed E-state index contributed by atoms with van der Waals surface area (Å²) < 4.78 is 7.04. The highest BCUT2D eigenvalue weighted by Crippen LogP contribution is 2.27. The van der Waals surface area contributed by atoms with Crippen LogP contribution >= 0.6 is 11.3 Å². The number of hydrogen-bond donors (Lipinski definition) is 1. The number of aromatic nitrogens is 1. The van der Waals surface area contributed by atoms with Gasteiger partial charge < -0.3 is 10.1 Å². The van der Waals surface area contributed by atoms with Crippen molar-refractivity contribution in [3.05, 3.63) is 59.1 Å². The van der Waals surface area contributed by atoms with Crippen LogP contribution < -0.4 is 10.1 Å². The number of hydrogen-bond acceptors (Lipinski definition) is 5. The molecule has 2 heterocycles. The second kappa shape index (κ2) is 7.77. The summed E-state index contributed by atoms with van der Waals surface area (Å²) in [5, 5.41) is 13.1. The molecule has 1 aliphatic rings. The van der Waals surface area contributed by atoms with Crippen molar-refractivity contribution in [3.8, 4) is 11.9 Å². The Morgan fingerprint density at radius 3 is 2.70 bits per heavy atom. The molecule has 27 heavy (non-hydrogen) atoms. The zero-order chi connectivity index (χ0) is 18.6. The molecule has 1 fully saturated rings. The van der Waals surface area contributed by atoms with Crippen LogP contribution in [0.4, 0.5) is 0 Å². The molecule has 0 spiro atoms. The number of pyridine rings is 1. The molecule has 1 amide bonds. The van der Waals surface area contributed by atoms with Crippen molar-refractivity contribution in [1.82, 2.24) is 10.3 Å². The highest BCUT2D eigenvalue weighted by Gasteiger charge is 2.24. The van der Waals surface area contributed by atoms with E-state index in [9.17, 15) is 4.79 Å². The minimum absolute atomic E-state index is 0.00864. The molecule has 0 aliphatic heterocycles. The third kappa shape index (κ3) is 4.09. The number of thiophene rings is 1. The summed E-state index contributed by atoms with van der Waals surface area (Å²) in [6.45, 7) is 0. The van der Waals surface area contributed by atoms with E-state index in [0.29, 0.717) is 11.4 Å². The number of ether oxygens (including phenoxy) is 1. The highest BCUT2D eigenvalue weighted by molar-refractivity contribution is 7.20. The monoisotopic (exact) mass is 377 g/mol. The summed E-state index contributed by atoms with van der Waals surface area (Å²) in [4.78, 5) is 17.5. The summed E-state index contributed by atoms with van der Waals surface area (Å²) in [6, 6.07) is 15.7. The number of fused-ring (bicyclic) bond motifs is 1. The molecule has 0 atom stereocenters. The average molecular weight is 377 g/mol. The number of amides is 1. The van der Waals surface area contributed by atoms with Crippen LogP contribution in [0.25, 0.3) is 10.1 Å². The van der Waals surface area contributed by atoms with E-state index in [0.717, 1.165) is 40.6 Å². The fraction of sp³-hybridized carbons (Fsp3) is 0.286. The van der Waals surface area contributed by atoms with Crippen LogP contribution in [0.2, 0.25) is 0 Å². The molecule has 5 nitrogen and oxygen atoms in total. The molecule has 0 radical (unpaired) electrons. The SMILES string of the molecule is N#Cc1ccc(OC2CCC(NC(=O)c3cc4ccccc4s3)CC2)nc1. The largest absolute Gasteiger partial charge is 0.474 e. The Bertz CT molecular complexity index is 950. The minimum atomic E-state index is 0.00864. The van der Waals surface area contributed by atoms with Gasteiger partial charge in [-0.2, -0.15) is 5.26 Å². The molecule has 3 aromatic rings. The molecular weight excluding hydrogens is 358 g/mol. The van der Waals surface area contributed by atoms with E-state index >= 15 is 0 Å². The minimum Gasteiger partial charge on any atom is -0.474 e. The van der Waals surface area contributed by atoms with Gasteiger partial charge in [-0.1, -0.05) is 18.2 Å². The van der Waals surface area contributed by atoms with Gasteiger partial charge in [-0.3, -0.25) is 4.79 Å². The Morgan fingerprint density at radius 2 is 2.00 bits per heavy atom. The number of benzene rings is 1. The van der Waals surface area contributed by atoms with E-state index in [1.807, 2.05) is 36.4 Å². The topological polar surface area (TPSA) is 75.0 Å². The molecule has 1 saturated carbocycles. The molecule has 4 rings (SSSR count). The van der Waals surface area contributed by atoms with E-state index in [1.165, 1.54) is 17.5 Å². The van der Waals surface area contributed by atoms with Gasteiger partial charge in [0.1, 0.15) is 12.2 Å². The first-order valence-electron chi connectivity index (χ1n) is 9.03. The van der Waals surface area contributed by atoms with Crippen LogP contribution in [0.1, 0.15) is 40.9 Å². The molecule has 1 N–H and O–H groups in total. The van der Waals surface area contributed by atoms with Gasteiger partial charge in [0, 0.05) is 23.0 Å². The molecule has 1 aliphatic carbocycles. The Labute approximate surface area is 161 Å². The van der Waals surface area contributed by atoms with E-state index in [4.69, 9.17) is 10.00 Å². The maximum atomic E-state index is 12.5. The second-order valence-corrected chi connectivity index (χ2v) is 7.79. The van der Waals surface area contributed by atoms with Gasteiger partial charge >= 0.3 is 0 Å². The number of rotatable bonds is 4. The zero-order valence-electron chi connectivity index (χ0n) is 14.7. The Kier molecular flexibility index (Phi) is 5.03. The quantitative estimate of drug-likeness (QED) is 0.736. The smallest absolute Gasteiger partial charge is 0.261 e. The highest BCUT2D eigenvalue weighted by atomic mass is 32.1. The Hall–Kier alpha value is -2.91. The molecule has 0 saturated heterocycles. The van der Waals surface area contributed by atoms with Crippen molar-refractivity contribution >= 4 is 27.3 Å². The predicted molar refractivity (Wildman–Crippen MR) is 105 cm³/mol. The lowest BCUT2D eigenvalue weighted by atomic mass is 9.93. The Morgan fingerprint density at radius 1 is 1.19 bits per heavy atom. The van der Waals surface area contributed by atoms with Crippen LogP contribution in [0, 0.1) is 11.3 Å². The second-order valence-electron chi connectivity index (χ2n) is 6.71. The Balaban J connectivity index is 1.29. The van der Waals surface area contributed by atoms with E-state index in [-0.39, 0.29) is 18.1 Å². The molecule has 0 unspecified atom stereocenters. The van der Waals surface area contributed by atoms with Gasteiger partial charge in [-0.15, -0.1) is 11.3 Å². The molecular formula is C21H19N3O2S. The number of nitrogens with one attached hydrogen (secondary N) is 1. The third-order valence-electron chi connectivity index (χ3n) is 4.81. The van der Waals surface area contributed by atoms with Crippen LogP contribution in [-0.2, 0) is 0 Å². The van der Waals surface area contributed by atoms with Gasteiger partial charge in [0.05, 0.1) is 10.4 Å². The first-order valence-corrected chi connectivity index (χ1v) is 9.85. The number of carbonyl (C=O) groups is 1. The van der Waals surface area contributed by atoms with Crippen molar-refractivity contribution in [1.29, 1.82) is 5.26 Å². The van der Waals surface area contributed by atoms with Crippen molar-refractivity contribution in [2.45, 2.75) is 37.8 Å². The molecule has 136 valence electrons. The maximum absolute atomic E-state index is 12.5. The van der Waals surface area contributed by atoms with Crippen molar-refractivity contribution in [2.75, 3.05) is 0 Å². The standard InChI is InChI=1S/C21H19N3O2S/c22-12-14-5-10-20(23-13-14)26-17-8-6-16(7-9-17)24-21(25)19-11-15-3-1-2-4-18(15)27-19/h1-5,10-11,13,16-17H,6-9H2,(H,24,25). The summed E-state index contributed by atoms with van der Waals surface area (Å²) >= 11 is 1.53. The fourth-order valence-electron chi connectivity index (χ4n) is 3.36. The number of carbonyl (C=O) groups excluding carboxylic acids is 1. The molecule has 0 bridgehead atoms. The van der Waals surface area contributed by atoms with Crippen LogP contribution in [0.15, 0.2) is 48.7 Å². The van der Waals surface area contributed by atoms with Crippen LogP contribution in [0.5, 0.6) is 5.88 Å². The fourth-order valence-corrected chi connectivity index (χ4v) is 4.33. The van der Waals surface area contributed by atoms with Crippen molar-refractivity contribution in [3.63, 3.8) is 0 Å².